The molecule has 1 aromatic carbocycles. The van der Waals surface area contributed by atoms with E-state index in [4.69, 9.17) is 0 Å². The molecule has 130 valence electrons. The van der Waals surface area contributed by atoms with Crippen molar-refractivity contribution in [1.82, 2.24) is 15.2 Å². The number of aliphatic hydroxyl groups excluding tert-OH is 1. The molecule has 0 saturated carbocycles. The third-order valence-electron chi connectivity index (χ3n) is 4.77. The minimum atomic E-state index is -0.386. The Hall–Kier alpha value is -1.92. The number of fused-ring (bicyclic) bond motifs is 1. The topological polar surface area (TPSA) is 68.4 Å². The first-order chi connectivity index (χ1) is 11.7. The van der Waals surface area contributed by atoms with Gasteiger partial charge < -0.3 is 15.4 Å². The van der Waals surface area contributed by atoms with Crippen molar-refractivity contribution in [3.8, 4) is 0 Å². The number of aliphatic hydroxyl groups is 1. The monoisotopic (exact) mass is 333 g/mol. The van der Waals surface area contributed by atoms with E-state index in [1.807, 2.05) is 0 Å². The maximum Gasteiger partial charge on any atom is 0.253 e. The molecule has 2 aromatic rings. The molecule has 1 aliphatic rings. The van der Waals surface area contributed by atoms with Crippen LogP contribution in [0.25, 0.3) is 10.9 Å². The second-order valence-corrected chi connectivity index (χ2v) is 6.34. The van der Waals surface area contributed by atoms with E-state index in [9.17, 15) is 14.3 Å². The molecule has 0 bridgehead atoms. The number of hydrogen-bond donors (Lipinski definition) is 3. The van der Waals surface area contributed by atoms with E-state index < -0.39 is 0 Å². The van der Waals surface area contributed by atoms with Crippen molar-refractivity contribution in [3.63, 3.8) is 0 Å². The van der Waals surface area contributed by atoms with Crippen LogP contribution >= 0.6 is 0 Å². The first-order valence-corrected chi connectivity index (χ1v) is 8.59. The zero-order valence-corrected chi connectivity index (χ0v) is 13.7. The molecular formula is C18H24FN3O2. The summed E-state index contributed by atoms with van der Waals surface area (Å²) in [5.41, 5.74) is 0.979. The van der Waals surface area contributed by atoms with Gasteiger partial charge in [0.15, 0.2) is 0 Å². The van der Waals surface area contributed by atoms with Crippen molar-refractivity contribution in [2.75, 3.05) is 26.2 Å². The van der Waals surface area contributed by atoms with Crippen LogP contribution in [-0.4, -0.2) is 53.2 Å². The second-order valence-electron chi connectivity index (χ2n) is 6.34. The van der Waals surface area contributed by atoms with Gasteiger partial charge in [-0.3, -0.25) is 9.69 Å². The van der Waals surface area contributed by atoms with Gasteiger partial charge in [-0.1, -0.05) is 6.07 Å². The number of halogens is 1. The minimum absolute atomic E-state index is 0.225. The van der Waals surface area contributed by atoms with Gasteiger partial charge in [0, 0.05) is 29.7 Å². The molecule has 0 aliphatic carbocycles. The first kappa shape index (κ1) is 16.9. The Balaban J connectivity index is 1.46. The first-order valence-electron chi connectivity index (χ1n) is 8.59. The molecule has 1 atom stereocenters. The van der Waals surface area contributed by atoms with Gasteiger partial charge in [-0.2, -0.15) is 0 Å². The molecule has 1 fully saturated rings. The van der Waals surface area contributed by atoms with Gasteiger partial charge in [0.1, 0.15) is 5.82 Å². The number of aromatic amines is 1. The molecule has 6 heteroatoms. The fourth-order valence-electron chi connectivity index (χ4n) is 3.45. The van der Waals surface area contributed by atoms with Crippen molar-refractivity contribution in [1.29, 1.82) is 0 Å². The summed E-state index contributed by atoms with van der Waals surface area (Å²) in [4.78, 5) is 17.5. The van der Waals surface area contributed by atoms with Crippen LogP contribution in [0.15, 0.2) is 24.4 Å². The summed E-state index contributed by atoms with van der Waals surface area (Å²) in [6, 6.07) is 5.03. The van der Waals surface area contributed by atoms with E-state index in [2.05, 4.69) is 15.2 Å². The number of carbonyl (C=O) groups excluding carboxylic acids is 1. The number of amides is 1. The second kappa shape index (κ2) is 7.77. The highest BCUT2D eigenvalue weighted by Crippen LogP contribution is 2.21. The van der Waals surface area contributed by atoms with E-state index in [1.54, 1.807) is 18.3 Å². The number of hydrogen-bond acceptors (Lipinski definition) is 3. The molecule has 1 aromatic heterocycles. The van der Waals surface area contributed by atoms with E-state index in [-0.39, 0.29) is 18.3 Å². The summed E-state index contributed by atoms with van der Waals surface area (Å²) in [6.07, 6.45) is 5.61. The predicted molar refractivity (Wildman–Crippen MR) is 91.5 cm³/mol. The third kappa shape index (κ3) is 3.60. The lowest BCUT2D eigenvalue weighted by Crippen LogP contribution is -2.33. The quantitative estimate of drug-likeness (QED) is 0.681. The molecule has 3 N–H and O–H groups in total. The Morgan fingerprint density at radius 2 is 2.29 bits per heavy atom. The number of likely N-dealkylation sites (tertiary alicyclic amines) is 1. The van der Waals surface area contributed by atoms with Gasteiger partial charge in [-0.15, -0.1) is 0 Å². The fourth-order valence-corrected chi connectivity index (χ4v) is 3.45. The Labute approximate surface area is 140 Å². The molecule has 0 spiro atoms. The van der Waals surface area contributed by atoms with Crippen LogP contribution in [0.1, 0.15) is 36.0 Å². The van der Waals surface area contributed by atoms with Crippen LogP contribution in [0, 0.1) is 5.82 Å². The average molecular weight is 333 g/mol. The minimum Gasteiger partial charge on any atom is -0.395 e. The number of benzene rings is 1. The van der Waals surface area contributed by atoms with Crippen molar-refractivity contribution < 1.29 is 14.3 Å². The van der Waals surface area contributed by atoms with Crippen molar-refractivity contribution in [2.45, 2.75) is 31.7 Å². The van der Waals surface area contributed by atoms with Gasteiger partial charge in [0.25, 0.3) is 5.91 Å². The lowest BCUT2D eigenvalue weighted by atomic mass is 10.1. The van der Waals surface area contributed by atoms with Gasteiger partial charge in [-0.05, 0) is 50.9 Å². The van der Waals surface area contributed by atoms with E-state index in [0.29, 0.717) is 29.1 Å². The Bertz CT molecular complexity index is 701. The van der Waals surface area contributed by atoms with Gasteiger partial charge in [0.2, 0.25) is 0 Å². The maximum absolute atomic E-state index is 13.9. The van der Waals surface area contributed by atoms with Gasteiger partial charge >= 0.3 is 0 Å². The van der Waals surface area contributed by atoms with Crippen molar-refractivity contribution in [2.24, 2.45) is 0 Å². The van der Waals surface area contributed by atoms with Gasteiger partial charge in [0.05, 0.1) is 12.2 Å². The van der Waals surface area contributed by atoms with Crippen LogP contribution in [0.4, 0.5) is 4.39 Å². The molecule has 1 unspecified atom stereocenters. The molecule has 1 aliphatic heterocycles. The van der Waals surface area contributed by atoms with Crippen LogP contribution in [-0.2, 0) is 0 Å². The normalized spacial score (nSPS) is 18.3. The summed E-state index contributed by atoms with van der Waals surface area (Å²) in [6.45, 7) is 2.79. The lowest BCUT2D eigenvalue weighted by Gasteiger charge is -2.22. The third-order valence-corrected chi connectivity index (χ3v) is 4.77. The Morgan fingerprint density at radius 1 is 1.42 bits per heavy atom. The molecule has 1 amide bonds. The number of nitrogens with zero attached hydrogens (tertiary/aromatic N) is 1. The zero-order chi connectivity index (χ0) is 16.9. The number of rotatable bonds is 7. The Kier molecular flexibility index (Phi) is 5.48. The predicted octanol–water partition coefficient (Wildman–Crippen LogP) is 2.27. The van der Waals surface area contributed by atoms with E-state index >= 15 is 0 Å². The van der Waals surface area contributed by atoms with Crippen LogP contribution in [0.2, 0.25) is 0 Å². The smallest absolute Gasteiger partial charge is 0.253 e. The number of carbonyl (C=O) groups is 1. The molecule has 0 radical (unpaired) electrons. The Morgan fingerprint density at radius 3 is 3.12 bits per heavy atom. The number of aromatic nitrogens is 1. The molecular weight excluding hydrogens is 309 g/mol. The van der Waals surface area contributed by atoms with Crippen LogP contribution in [0.3, 0.4) is 0 Å². The number of H-pyrrole nitrogens is 1. The fraction of sp³-hybridized carbons (Fsp3) is 0.500. The maximum atomic E-state index is 13.9. The van der Waals surface area contributed by atoms with Crippen LogP contribution < -0.4 is 5.32 Å². The summed E-state index contributed by atoms with van der Waals surface area (Å²) < 4.78 is 13.9. The van der Waals surface area contributed by atoms with Gasteiger partial charge in [-0.25, -0.2) is 4.39 Å². The van der Waals surface area contributed by atoms with Crippen molar-refractivity contribution >= 4 is 16.8 Å². The van der Waals surface area contributed by atoms with Crippen LogP contribution in [0.5, 0.6) is 0 Å². The zero-order valence-electron chi connectivity index (χ0n) is 13.7. The molecule has 1 saturated heterocycles. The van der Waals surface area contributed by atoms with E-state index in [0.717, 1.165) is 38.8 Å². The molecule has 5 nitrogen and oxygen atoms in total. The highest BCUT2D eigenvalue weighted by Gasteiger charge is 2.22. The SMILES string of the molecule is O=C(NCCCCN1CCCC1CO)c1c[nH]c2cccc(F)c12. The number of unbranched alkanes of at least 4 members (excludes halogenated alkanes) is 1. The summed E-state index contributed by atoms with van der Waals surface area (Å²) >= 11 is 0. The molecule has 24 heavy (non-hydrogen) atoms. The largest absolute Gasteiger partial charge is 0.395 e. The standard InChI is InChI=1S/C18H24FN3O2/c19-15-6-3-7-16-17(15)14(11-21-16)18(24)20-8-1-2-9-22-10-4-5-13(22)12-23/h3,6-7,11,13,21,23H,1-2,4-5,8-10,12H2,(H,20,24). The average Bonchev–Trinajstić information content (AvgIpc) is 3.21. The van der Waals surface area contributed by atoms with Crippen molar-refractivity contribution in [3.05, 3.63) is 35.8 Å². The summed E-state index contributed by atoms with van der Waals surface area (Å²) in [5, 5.41) is 12.5. The molecule has 2 heterocycles. The highest BCUT2D eigenvalue weighted by atomic mass is 19.1. The highest BCUT2D eigenvalue weighted by molar-refractivity contribution is 6.06. The summed E-state index contributed by atoms with van der Waals surface area (Å²) in [5.74, 6) is -0.635. The van der Waals surface area contributed by atoms with E-state index in [1.165, 1.54) is 6.07 Å². The number of nitrogens with one attached hydrogen (secondary N) is 2. The lowest BCUT2D eigenvalue weighted by molar-refractivity contribution is 0.0953. The molecule has 3 rings (SSSR count). The summed E-state index contributed by atoms with van der Waals surface area (Å²) in [7, 11) is 0.